The maximum Gasteiger partial charge on any atom is 0.383 e. The number of rotatable bonds is 11. The fourth-order valence-electron chi connectivity index (χ4n) is 2.92. The monoisotopic (exact) mass is 412 g/mol. The highest BCUT2D eigenvalue weighted by Crippen LogP contribution is 2.38. The maximum atomic E-state index is 12.5. The predicted molar refractivity (Wildman–Crippen MR) is 122 cm³/mol. The van der Waals surface area contributed by atoms with Crippen LogP contribution in [0, 0.1) is 0 Å². The molecular weight excluding hydrogens is 380 g/mol. The number of hydrogen-bond acceptors (Lipinski definition) is 5. The average Bonchev–Trinajstić information content (AvgIpc) is 2.69. The van der Waals surface area contributed by atoms with Crippen LogP contribution in [-0.2, 0) is 0 Å². The van der Waals surface area contributed by atoms with Crippen LogP contribution in [0.3, 0.4) is 0 Å². The molecule has 2 aromatic rings. The number of aromatic hydroxyl groups is 1. The van der Waals surface area contributed by atoms with Gasteiger partial charge in [0.05, 0.1) is 6.61 Å². The quantitative estimate of drug-likeness (QED) is 0.266. The number of fused-ring (bicyclic) bond motifs is 1. The topological polar surface area (TPSA) is 68.9 Å². The van der Waals surface area contributed by atoms with Crippen LogP contribution in [0.5, 0.6) is 17.2 Å². The van der Waals surface area contributed by atoms with Gasteiger partial charge in [-0.3, -0.25) is 0 Å². The molecular formula is C25H32O5. The summed E-state index contributed by atoms with van der Waals surface area (Å²) in [5.74, 6) is 0.183. The molecule has 0 bridgehead atoms. The molecule has 0 saturated carbocycles. The van der Waals surface area contributed by atoms with Gasteiger partial charge < -0.3 is 19.0 Å². The highest BCUT2D eigenvalue weighted by atomic mass is 16.5. The summed E-state index contributed by atoms with van der Waals surface area (Å²) < 4.78 is 17.0. The summed E-state index contributed by atoms with van der Waals surface area (Å²) in [6.45, 7) is 8.85. The summed E-state index contributed by atoms with van der Waals surface area (Å²) >= 11 is 0. The third kappa shape index (κ3) is 6.83. The van der Waals surface area contributed by atoms with Crippen LogP contribution in [0.4, 0.5) is 0 Å². The molecule has 1 aromatic heterocycles. The van der Waals surface area contributed by atoms with Crippen LogP contribution in [-0.4, -0.2) is 18.3 Å². The van der Waals surface area contributed by atoms with E-state index in [2.05, 4.69) is 33.8 Å². The summed E-state index contributed by atoms with van der Waals surface area (Å²) in [7, 11) is 0. The first-order valence-electron chi connectivity index (χ1n) is 10.4. The molecule has 0 fully saturated rings. The first-order chi connectivity index (χ1) is 14.4. The number of ether oxygens (including phenoxy) is 2. The molecule has 5 nitrogen and oxygen atoms in total. The Bertz CT molecular complexity index is 975. The normalized spacial score (nSPS) is 11.8. The summed E-state index contributed by atoms with van der Waals surface area (Å²) in [6, 6.07) is 4.77. The molecule has 0 radical (unpaired) electrons. The fraction of sp³-hybridized carbons (Fsp3) is 0.400. The molecule has 2 rings (SSSR count). The smallest absolute Gasteiger partial charge is 0.383 e. The van der Waals surface area contributed by atoms with Gasteiger partial charge in [-0.05, 0) is 64.7 Å². The van der Waals surface area contributed by atoms with Gasteiger partial charge in [-0.1, -0.05) is 42.4 Å². The van der Waals surface area contributed by atoms with Crippen molar-refractivity contribution in [1.29, 1.82) is 0 Å². The van der Waals surface area contributed by atoms with Gasteiger partial charge in [0.15, 0.2) is 5.75 Å². The zero-order chi connectivity index (χ0) is 21.9. The van der Waals surface area contributed by atoms with Crippen LogP contribution in [0.15, 0.2) is 62.9 Å². The van der Waals surface area contributed by atoms with E-state index in [0.717, 1.165) is 19.3 Å². The lowest BCUT2D eigenvalue weighted by Gasteiger charge is -2.13. The number of phenolic OH excluding ortho intramolecular Hbond substituents is 1. The van der Waals surface area contributed by atoms with Crippen LogP contribution in [0.1, 0.15) is 53.4 Å². The Hall–Kier alpha value is -2.95. The van der Waals surface area contributed by atoms with E-state index in [4.69, 9.17) is 13.9 Å². The Labute approximate surface area is 178 Å². The molecule has 0 amide bonds. The maximum absolute atomic E-state index is 12.5. The Morgan fingerprint density at radius 2 is 1.87 bits per heavy atom. The lowest BCUT2D eigenvalue weighted by Crippen LogP contribution is -2.11. The summed E-state index contributed by atoms with van der Waals surface area (Å²) in [4.78, 5) is 12.5. The first-order valence-corrected chi connectivity index (χ1v) is 10.4. The third-order valence-corrected chi connectivity index (χ3v) is 4.51. The molecule has 0 unspecified atom stereocenters. The highest BCUT2D eigenvalue weighted by Gasteiger charge is 2.20. The lowest BCUT2D eigenvalue weighted by molar-refractivity contribution is 0.275. The first kappa shape index (κ1) is 23.3. The van der Waals surface area contributed by atoms with Crippen molar-refractivity contribution in [2.24, 2.45) is 0 Å². The molecule has 0 aliphatic carbocycles. The molecule has 1 aromatic carbocycles. The van der Waals surface area contributed by atoms with Crippen molar-refractivity contribution in [1.82, 2.24) is 0 Å². The van der Waals surface area contributed by atoms with Gasteiger partial charge >= 0.3 is 5.63 Å². The summed E-state index contributed by atoms with van der Waals surface area (Å²) in [6.07, 6.45) is 11.7. The van der Waals surface area contributed by atoms with Crippen molar-refractivity contribution in [3.05, 3.63) is 64.1 Å². The van der Waals surface area contributed by atoms with Gasteiger partial charge in [0, 0.05) is 0 Å². The zero-order valence-corrected chi connectivity index (χ0v) is 18.4. The second-order valence-electron chi connectivity index (χ2n) is 7.40. The van der Waals surface area contributed by atoms with E-state index in [1.165, 1.54) is 17.2 Å². The molecule has 0 atom stereocenters. The van der Waals surface area contributed by atoms with E-state index in [9.17, 15) is 9.90 Å². The summed E-state index contributed by atoms with van der Waals surface area (Å²) in [5, 5.41) is 10.7. The van der Waals surface area contributed by atoms with Crippen LogP contribution >= 0.6 is 0 Å². The van der Waals surface area contributed by atoms with E-state index in [0.29, 0.717) is 18.4 Å². The minimum absolute atomic E-state index is 0.00973. The van der Waals surface area contributed by atoms with E-state index in [1.807, 2.05) is 18.2 Å². The number of benzene rings is 1. The molecule has 0 spiro atoms. The van der Waals surface area contributed by atoms with Gasteiger partial charge in [-0.25, -0.2) is 4.79 Å². The zero-order valence-electron chi connectivity index (χ0n) is 18.4. The Morgan fingerprint density at radius 3 is 2.60 bits per heavy atom. The van der Waals surface area contributed by atoms with Crippen molar-refractivity contribution in [3.63, 3.8) is 0 Å². The Kier molecular flexibility index (Phi) is 9.26. The van der Waals surface area contributed by atoms with Crippen LogP contribution in [0.25, 0.3) is 11.0 Å². The number of allylic oxidation sites excluding steroid dienone is 4. The molecule has 0 saturated heterocycles. The van der Waals surface area contributed by atoms with Crippen LogP contribution < -0.4 is 15.1 Å². The predicted octanol–water partition coefficient (Wildman–Crippen LogP) is 6.31. The van der Waals surface area contributed by atoms with Gasteiger partial charge in [0.1, 0.15) is 23.3 Å². The Morgan fingerprint density at radius 1 is 1.07 bits per heavy atom. The number of phenols is 1. The molecule has 5 heteroatoms. The van der Waals surface area contributed by atoms with Gasteiger partial charge in [-0.15, -0.1) is 0 Å². The van der Waals surface area contributed by atoms with Gasteiger partial charge in [0.25, 0.3) is 0 Å². The lowest BCUT2D eigenvalue weighted by atomic mass is 10.1. The van der Waals surface area contributed by atoms with E-state index < -0.39 is 5.63 Å². The third-order valence-electron chi connectivity index (χ3n) is 4.51. The molecule has 30 heavy (non-hydrogen) atoms. The average molecular weight is 413 g/mol. The molecule has 0 aliphatic heterocycles. The second-order valence-corrected chi connectivity index (χ2v) is 7.40. The second kappa shape index (κ2) is 11.9. The number of hydrogen-bond donors (Lipinski definition) is 1. The van der Waals surface area contributed by atoms with Crippen molar-refractivity contribution < 1.29 is 19.0 Å². The minimum atomic E-state index is -0.619. The minimum Gasteiger partial charge on any atom is -0.507 e. The van der Waals surface area contributed by atoms with E-state index in [-0.39, 0.29) is 29.4 Å². The molecule has 162 valence electrons. The van der Waals surface area contributed by atoms with Crippen LogP contribution in [0.2, 0.25) is 0 Å². The van der Waals surface area contributed by atoms with Crippen molar-refractivity contribution in [2.45, 2.75) is 53.4 Å². The van der Waals surface area contributed by atoms with E-state index in [1.54, 1.807) is 12.1 Å². The highest BCUT2D eigenvalue weighted by molar-refractivity contribution is 5.91. The van der Waals surface area contributed by atoms with Crippen molar-refractivity contribution in [3.8, 4) is 17.2 Å². The van der Waals surface area contributed by atoms with E-state index >= 15 is 0 Å². The fourth-order valence-corrected chi connectivity index (χ4v) is 2.92. The van der Waals surface area contributed by atoms with Crippen molar-refractivity contribution >= 4 is 11.0 Å². The summed E-state index contributed by atoms with van der Waals surface area (Å²) in [5.41, 5.74) is 2.13. The van der Waals surface area contributed by atoms with Crippen molar-refractivity contribution in [2.75, 3.05) is 13.2 Å². The van der Waals surface area contributed by atoms with Gasteiger partial charge in [-0.2, -0.15) is 0 Å². The van der Waals surface area contributed by atoms with Gasteiger partial charge in [0.2, 0.25) is 5.75 Å². The molecule has 1 heterocycles. The Balaban J connectivity index is 2.25. The molecule has 1 N–H and O–H groups in total. The standard InChI is InChI=1S/C25H32O5/c1-5-6-7-8-16-28-24-23(29-17-15-19(4)12-9-11-18(2)3)22-20(26)13-10-14-21(22)30-25(24)27/h6-7,10-11,13-15,26H,5,8-9,12,16-17H2,1-4H3/b7-6+,19-15+. The molecule has 0 aliphatic rings. The largest absolute Gasteiger partial charge is 0.507 e. The SMILES string of the molecule is CC/C=C/CCOc1c(OC/C=C(\C)CCC=C(C)C)c2c(O)cccc2oc1=O.